The maximum Gasteiger partial charge on any atom is 0.225 e. The Bertz CT molecular complexity index is 409. The number of rotatable bonds is 5. The average molecular weight is 336 g/mol. The fourth-order valence-corrected chi connectivity index (χ4v) is 2.07. The first kappa shape index (κ1) is 20.1. The lowest BCUT2D eigenvalue weighted by molar-refractivity contribution is -0.116. The van der Waals surface area contributed by atoms with Crippen molar-refractivity contribution < 1.29 is 9.53 Å². The quantitative estimate of drug-likeness (QED) is 0.858. The molecular formula is C14H23Cl2N3O2. The molecule has 1 aliphatic heterocycles. The van der Waals surface area contributed by atoms with Crippen LogP contribution in [-0.4, -0.2) is 43.7 Å². The Morgan fingerprint density at radius 3 is 2.38 bits per heavy atom. The number of hydrogen-bond acceptors (Lipinski definition) is 4. The van der Waals surface area contributed by atoms with Crippen LogP contribution in [0.15, 0.2) is 24.3 Å². The summed E-state index contributed by atoms with van der Waals surface area (Å²) in [7, 11) is 0. The lowest BCUT2D eigenvalue weighted by atomic mass is 10.2. The summed E-state index contributed by atoms with van der Waals surface area (Å²) in [5, 5.41) is 2.82. The Hall–Kier alpha value is -0.850. The summed E-state index contributed by atoms with van der Waals surface area (Å²) in [6, 6.07) is 7.97. The molecule has 1 aromatic carbocycles. The van der Waals surface area contributed by atoms with Crippen molar-refractivity contribution in [3.63, 3.8) is 0 Å². The molecule has 2 rings (SSSR count). The van der Waals surface area contributed by atoms with Crippen LogP contribution < -0.4 is 11.1 Å². The number of carbonyl (C=O) groups excluding carboxylic acids is 1. The molecule has 120 valence electrons. The van der Waals surface area contributed by atoms with Crippen LogP contribution in [0.2, 0.25) is 0 Å². The third kappa shape index (κ3) is 7.11. The van der Waals surface area contributed by atoms with Crippen LogP contribution in [0.25, 0.3) is 0 Å². The van der Waals surface area contributed by atoms with Gasteiger partial charge in [-0.2, -0.15) is 0 Å². The highest BCUT2D eigenvalue weighted by Gasteiger charge is 2.10. The van der Waals surface area contributed by atoms with Gasteiger partial charge in [-0.3, -0.25) is 9.69 Å². The van der Waals surface area contributed by atoms with Gasteiger partial charge in [-0.15, -0.1) is 24.8 Å². The van der Waals surface area contributed by atoms with Crippen LogP contribution in [0.5, 0.6) is 0 Å². The van der Waals surface area contributed by atoms with Gasteiger partial charge in [-0.1, -0.05) is 12.1 Å². The first-order valence-electron chi connectivity index (χ1n) is 6.67. The van der Waals surface area contributed by atoms with E-state index >= 15 is 0 Å². The van der Waals surface area contributed by atoms with Crippen LogP contribution in [0.1, 0.15) is 12.0 Å². The first-order valence-corrected chi connectivity index (χ1v) is 6.67. The summed E-state index contributed by atoms with van der Waals surface area (Å²) < 4.78 is 5.32. The van der Waals surface area contributed by atoms with E-state index in [1.807, 2.05) is 24.3 Å². The molecule has 0 saturated carbocycles. The summed E-state index contributed by atoms with van der Waals surface area (Å²) in [6.45, 7) is 4.89. The Labute approximate surface area is 138 Å². The van der Waals surface area contributed by atoms with Gasteiger partial charge in [0.15, 0.2) is 0 Å². The normalized spacial score (nSPS) is 14.7. The van der Waals surface area contributed by atoms with Gasteiger partial charge in [-0.05, 0) is 17.7 Å². The molecule has 21 heavy (non-hydrogen) atoms. The van der Waals surface area contributed by atoms with E-state index in [1.54, 1.807) is 0 Å². The predicted octanol–water partition coefficient (Wildman–Crippen LogP) is 1.65. The van der Waals surface area contributed by atoms with Gasteiger partial charge in [0.25, 0.3) is 0 Å². The first-order chi connectivity index (χ1) is 9.28. The number of halogens is 2. The minimum absolute atomic E-state index is 0. The molecule has 0 bridgehead atoms. The van der Waals surface area contributed by atoms with Gasteiger partial charge < -0.3 is 15.8 Å². The van der Waals surface area contributed by atoms with Crippen molar-refractivity contribution in [2.24, 2.45) is 5.73 Å². The second-order valence-corrected chi connectivity index (χ2v) is 4.67. The molecule has 0 spiro atoms. The van der Waals surface area contributed by atoms with E-state index in [0.717, 1.165) is 38.5 Å². The number of morpholine rings is 1. The molecule has 3 N–H and O–H groups in total. The smallest absolute Gasteiger partial charge is 0.225 e. The van der Waals surface area contributed by atoms with Gasteiger partial charge >= 0.3 is 0 Å². The van der Waals surface area contributed by atoms with Crippen molar-refractivity contribution in [2.45, 2.75) is 13.0 Å². The number of benzene rings is 1. The standard InChI is InChI=1S/C14H21N3O2.2ClH/c15-6-5-14(18)16-13-3-1-12(2-4-13)11-17-7-9-19-10-8-17;;/h1-4H,5-11,15H2,(H,16,18);2*1H. The van der Waals surface area contributed by atoms with E-state index in [9.17, 15) is 4.79 Å². The summed E-state index contributed by atoms with van der Waals surface area (Å²) >= 11 is 0. The van der Waals surface area contributed by atoms with Crippen molar-refractivity contribution in [2.75, 3.05) is 38.2 Å². The highest BCUT2D eigenvalue weighted by molar-refractivity contribution is 5.90. The number of carbonyl (C=O) groups is 1. The number of amides is 1. The topological polar surface area (TPSA) is 67.6 Å². The Kier molecular flexibility index (Phi) is 10.4. The number of nitrogens with two attached hydrogens (primary N) is 1. The van der Waals surface area contributed by atoms with Crippen molar-refractivity contribution >= 4 is 36.4 Å². The highest BCUT2D eigenvalue weighted by atomic mass is 35.5. The van der Waals surface area contributed by atoms with Crippen molar-refractivity contribution in [3.8, 4) is 0 Å². The average Bonchev–Trinajstić information content (AvgIpc) is 2.42. The van der Waals surface area contributed by atoms with E-state index < -0.39 is 0 Å². The third-order valence-electron chi connectivity index (χ3n) is 3.12. The fourth-order valence-electron chi connectivity index (χ4n) is 2.07. The molecule has 0 radical (unpaired) electrons. The zero-order valence-corrected chi connectivity index (χ0v) is 13.5. The van der Waals surface area contributed by atoms with Gasteiger partial charge in [0, 0.05) is 38.3 Å². The van der Waals surface area contributed by atoms with Crippen molar-refractivity contribution in [3.05, 3.63) is 29.8 Å². The van der Waals surface area contributed by atoms with E-state index in [4.69, 9.17) is 10.5 Å². The van der Waals surface area contributed by atoms with Gasteiger partial charge in [0.2, 0.25) is 5.91 Å². The molecule has 0 aliphatic carbocycles. The summed E-state index contributed by atoms with van der Waals surface area (Å²) in [5.41, 5.74) is 7.41. The number of nitrogens with one attached hydrogen (secondary N) is 1. The summed E-state index contributed by atoms with van der Waals surface area (Å²) in [5.74, 6) is -0.0385. The molecule has 0 aromatic heterocycles. The maximum atomic E-state index is 11.4. The molecule has 7 heteroatoms. The zero-order chi connectivity index (χ0) is 13.5. The molecule has 0 atom stereocenters. The molecule has 1 heterocycles. The number of anilines is 1. The monoisotopic (exact) mass is 335 g/mol. The molecular weight excluding hydrogens is 313 g/mol. The van der Waals surface area contributed by atoms with Crippen molar-refractivity contribution in [1.29, 1.82) is 0 Å². The summed E-state index contributed by atoms with van der Waals surface area (Å²) in [6.07, 6.45) is 0.357. The van der Waals surface area contributed by atoms with E-state index in [0.29, 0.717) is 13.0 Å². The highest BCUT2D eigenvalue weighted by Crippen LogP contribution is 2.12. The third-order valence-corrected chi connectivity index (χ3v) is 3.12. The number of hydrogen-bond donors (Lipinski definition) is 2. The largest absolute Gasteiger partial charge is 0.379 e. The van der Waals surface area contributed by atoms with Crippen LogP contribution in [0.4, 0.5) is 5.69 Å². The predicted molar refractivity (Wildman–Crippen MR) is 89.3 cm³/mol. The number of ether oxygens (including phenoxy) is 1. The van der Waals surface area contributed by atoms with E-state index in [2.05, 4.69) is 10.2 Å². The lowest BCUT2D eigenvalue weighted by Crippen LogP contribution is -2.35. The summed E-state index contributed by atoms with van der Waals surface area (Å²) in [4.78, 5) is 13.8. The maximum absolute atomic E-state index is 11.4. The van der Waals surface area contributed by atoms with E-state index in [1.165, 1.54) is 5.56 Å². The minimum atomic E-state index is -0.0385. The molecule has 1 saturated heterocycles. The SMILES string of the molecule is Cl.Cl.NCCC(=O)Nc1ccc(CN2CCOCC2)cc1. The zero-order valence-electron chi connectivity index (χ0n) is 11.9. The minimum Gasteiger partial charge on any atom is -0.379 e. The lowest BCUT2D eigenvalue weighted by Gasteiger charge is -2.26. The molecule has 0 unspecified atom stereocenters. The van der Waals surface area contributed by atoms with Crippen LogP contribution in [0, 0.1) is 0 Å². The van der Waals surface area contributed by atoms with Crippen LogP contribution in [0.3, 0.4) is 0 Å². The Balaban J connectivity index is 0.00000200. The Morgan fingerprint density at radius 2 is 1.81 bits per heavy atom. The van der Waals surface area contributed by atoms with Gasteiger partial charge in [0.1, 0.15) is 0 Å². The second kappa shape index (κ2) is 10.8. The van der Waals surface area contributed by atoms with Crippen LogP contribution in [-0.2, 0) is 16.1 Å². The second-order valence-electron chi connectivity index (χ2n) is 4.67. The molecule has 5 nitrogen and oxygen atoms in total. The van der Waals surface area contributed by atoms with Crippen LogP contribution >= 0.6 is 24.8 Å². The molecule has 1 amide bonds. The molecule has 1 aromatic rings. The fraction of sp³-hybridized carbons (Fsp3) is 0.500. The van der Waals surface area contributed by atoms with E-state index in [-0.39, 0.29) is 30.7 Å². The molecule has 1 aliphatic rings. The number of nitrogens with zero attached hydrogens (tertiary/aromatic N) is 1. The van der Waals surface area contributed by atoms with Gasteiger partial charge in [-0.25, -0.2) is 0 Å². The Morgan fingerprint density at radius 1 is 1.19 bits per heavy atom. The molecule has 1 fully saturated rings. The van der Waals surface area contributed by atoms with Crippen molar-refractivity contribution in [1.82, 2.24) is 4.90 Å². The van der Waals surface area contributed by atoms with Gasteiger partial charge in [0.05, 0.1) is 13.2 Å².